The van der Waals surface area contributed by atoms with Crippen molar-refractivity contribution in [1.82, 2.24) is 5.32 Å². The normalized spacial score (nSPS) is 18.6. The van der Waals surface area contributed by atoms with Gasteiger partial charge in [0.05, 0.1) is 12.5 Å². The van der Waals surface area contributed by atoms with Crippen LogP contribution in [0.25, 0.3) is 0 Å². The Morgan fingerprint density at radius 2 is 2.17 bits per heavy atom. The standard InChI is InChI=1S/C17H24N2O4/c1-11-5-6-12(2)14(8-11)19-16(20)9-15(17(21)22)18-10-13-4-3-7-23-13/h5-6,8,13,15,18H,3-4,7,9-10H2,1-2H3,(H,19,20)(H,21,22)/t13-,15+/m1/s1. The molecule has 1 aliphatic heterocycles. The number of amides is 1. The van der Waals surface area contributed by atoms with Gasteiger partial charge in [0, 0.05) is 18.8 Å². The van der Waals surface area contributed by atoms with E-state index in [-0.39, 0.29) is 18.4 Å². The summed E-state index contributed by atoms with van der Waals surface area (Å²) >= 11 is 0. The SMILES string of the molecule is Cc1ccc(C)c(NC(=O)C[C@H](NC[C@H]2CCCO2)C(=O)O)c1. The van der Waals surface area contributed by atoms with Crippen LogP contribution in [-0.4, -0.2) is 42.3 Å². The molecule has 0 aromatic heterocycles. The average Bonchev–Trinajstić information content (AvgIpc) is 3.00. The molecule has 1 aromatic carbocycles. The molecule has 3 N–H and O–H groups in total. The van der Waals surface area contributed by atoms with Crippen LogP contribution in [0.5, 0.6) is 0 Å². The van der Waals surface area contributed by atoms with Crippen LogP contribution in [0, 0.1) is 13.8 Å². The maximum Gasteiger partial charge on any atom is 0.321 e. The zero-order valence-corrected chi connectivity index (χ0v) is 13.6. The highest BCUT2D eigenvalue weighted by Crippen LogP contribution is 2.17. The van der Waals surface area contributed by atoms with Crippen molar-refractivity contribution in [3.05, 3.63) is 29.3 Å². The van der Waals surface area contributed by atoms with Gasteiger partial charge in [0.2, 0.25) is 5.91 Å². The Balaban J connectivity index is 1.89. The van der Waals surface area contributed by atoms with Crippen LogP contribution in [0.3, 0.4) is 0 Å². The number of rotatable bonds is 7. The molecule has 1 aliphatic rings. The van der Waals surface area contributed by atoms with Gasteiger partial charge >= 0.3 is 5.97 Å². The van der Waals surface area contributed by atoms with Gasteiger partial charge in [-0.3, -0.25) is 9.59 Å². The van der Waals surface area contributed by atoms with Gasteiger partial charge in [-0.15, -0.1) is 0 Å². The largest absolute Gasteiger partial charge is 0.480 e. The van der Waals surface area contributed by atoms with Crippen molar-refractivity contribution in [3.8, 4) is 0 Å². The summed E-state index contributed by atoms with van der Waals surface area (Å²) in [4.78, 5) is 23.5. The number of aryl methyl sites for hydroxylation is 2. The van der Waals surface area contributed by atoms with E-state index in [9.17, 15) is 14.7 Å². The zero-order valence-electron chi connectivity index (χ0n) is 13.6. The Labute approximate surface area is 136 Å². The first-order valence-electron chi connectivity index (χ1n) is 7.90. The molecule has 1 amide bonds. The Bertz CT molecular complexity index is 568. The van der Waals surface area contributed by atoms with Crippen molar-refractivity contribution >= 4 is 17.6 Å². The average molecular weight is 320 g/mol. The number of nitrogens with one attached hydrogen (secondary N) is 2. The van der Waals surface area contributed by atoms with Crippen LogP contribution >= 0.6 is 0 Å². The Hall–Kier alpha value is -1.92. The van der Waals surface area contributed by atoms with Crippen molar-refractivity contribution in [1.29, 1.82) is 0 Å². The molecule has 6 heteroatoms. The summed E-state index contributed by atoms with van der Waals surface area (Å²) in [7, 11) is 0. The molecule has 2 rings (SSSR count). The van der Waals surface area contributed by atoms with Gasteiger partial charge in [0.25, 0.3) is 0 Å². The minimum atomic E-state index is -1.03. The fraction of sp³-hybridized carbons (Fsp3) is 0.529. The second kappa shape index (κ2) is 8.08. The number of hydrogen-bond acceptors (Lipinski definition) is 4. The minimum absolute atomic E-state index is 0.0407. The van der Waals surface area contributed by atoms with E-state index in [4.69, 9.17) is 4.74 Å². The molecule has 0 bridgehead atoms. The van der Waals surface area contributed by atoms with Crippen molar-refractivity contribution < 1.29 is 19.4 Å². The van der Waals surface area contributed by atoms with Crippen molar-refractivity contribution in [2.24, 2.45) is 0 Å². The van der Waals surface area contributed by atoms with Gasteiger partial charge in [-0.05, 0) is 43.9 Å². The minimum Gasteiger partial charge on any atom is -0.480 e. The number of carbonyl (C=O) groups excluding carboxylic acids is 1. The molecule has 6 nitrogen and oxygen atoms in total. The van der Waals surface area contributed by atoms with Gasteiger partial charge < -0.3 is 20.5 Å². The van der Waals surface area contributed by atoms with E-state index in [1.54, 1.807) is 0 Å². The Morgan fingerprint density at radius 3 is 2.83 bits per heavy atom. The molecule has 1 saturated heterocycles. The van der Waals surface area contributed by atoms with Crippen LogP contribution in [-0.2, 0) is 14.3 Å². The molecule has 23 heavy (non-hydrogen) atoms. The lowest BCUT2D eigenvalue weighted by molar-refractivity contribution is -0.141. The molecule has 0 radical (unpaired) electrons. The summed E-state index contributed by atoms with van der Waals surface area (Å²) in [5.41, 5.74) is 2.71. The molecule has 1 fully saturated rings. The fourth-order valence-corrected chi connectivity index (χ4v) is 2.58. The first kappa shape index (κ1) is 17.4. The zero-order chi connectivity index (χ0) is 16.8. The Kier molecular flexibility index (Phi) is 6.12. The topological polar surface area (TPSA) is 87.7 Å². The fourth-order valence-electron chi connectivity index (χ4n) is 2.58. The van der Waals surface area contributed by atoms with Crippen LogP contribution in [0.4, 0.5) is 5.69 Å². The molecular formula is C17H24N2O4. The third-order valence-corrected chi connectivity index (χ3v) is 3.97. The lowest BCUT2D eigenvalue weighted by Crippen LogP contribution is -2.43. The molecule has 0 unspecified atom stereocenters. The number of benzene rings is 1. The summed E-state index contributed by atoms with van der Waals surface area (Å²) in [6, 6.07) is 4.86. The Morgan fingerprint density at radius 1 is 1.39 bits per heavy atom. The predicted octanol–water partition coefficient (Wildman–Crippen LogP) is 1.85. The van der Waals surface area contributed by atoms with Crippen LogP contribution < -0.4 is 10.6 Å². The van der Waals surface area contributed by atoms with E-state index in [0.29, 0.717) is 6.54 Å². The number of ether oxygens (including phenoxy) is 1. The van der Waals surface area contributed by atoms with E-state index in [2.05, 4.69) is 10.6 Å². The summed E-state index contributed by atoms with van der Waals surface area (Å²) in [5.74, 6) is -1.34. The van der Waals surface area contributed by atoms with Crippen LogP contribution in [0.2, 0.25) is 0 Å². The van der Waals surface area contributed by atoms with E-state index in [0.717, 1.165) is 36.3 Å². The maximum absolute atomic E-state index is 12.1. The van der Waals surface area contributed by atoms with Gasteiger partial charge in [0.15, 0.2) is 0 Å². The second-order valence-electron chi connectivity index (χ2n) is 6.00. The molecule has 2 atom stereocenters. The summed E-state index contributed by atoms with van der Waals surface area (Å²) in [6.07, 6.45) is 1.85. The molecule has 0 aliphatic carbocycles. The lowest BCUT2D eigenvalue weighted by Gasteiger charge is -2.17. The lowest BCUT2D eigenvalue weighted by atomic mass is 10.1. The quantitative estimate of drug-likeness (QED) is 0.714. The smallest absolute Gasteiger partial charge is 0.321 e. The summed E-state index contributed by atoms with van der Waals surface area (Å²) in [5, 5.41) is 15.0. The van der Waals surface area contributed by atoms with Crippen LogP contribution in [0.15, 0.2) is 18.2 Å². The predicted molar refractivity (Wildman–Crippen MR) is 87.6 cm³/mol. The van der Waals surface area contributed by atoms with E-state index < -0.39 is 12.0 Å². The number of anilines is 1. The van der Waals surface area contributed by atoms with E-state index >= 15 is 0 Å². The van der Waals surface area contributed by atoms with E-state index in [1.165, 1.54) is 0 Å². The highest BCUT2D eigenvalue weighted by Gasteiger charge is 2.24. The van der Waals surface area contributed by atoms with Crippen molar-refractivity contribution in [2.75, 3.05) is 18.5 Å². The first-order valence-corrected chi connectivity index (χ1v) is 7.90. The highest BCUT2D eigenvalue weighted by atomic mass is 16.5. The number of carboxylic acids is 1. The third-order valence-electron chi connectivity index (χ3n) is 3.97. The van der Waals surface area contributed by atoms with Gasteiger partial charge in [-0.25, -0.2) is 0 Å². The molecule has 126 valence electrons. The number of aliphatic carboxylic acids is 1. The summed E-state index contributed by atoms with van der Waals surface area (Å²) < 4.78 is 5.46. The monoisotopic (exact) mass is 320 g/mol. The molecule has 0 saturated carbocycles. The van der Waals surface area contributed by atoms with Gasteiger partial charge in [-0.2, -0.15) is 0 Å². The first-order chi connectivity index (χ1) is 11.0. The van der Waals surface area contributed by atoms with Crippen LogP contribution in [0.1, 0.15) is 30.4 Å². The number of carboxylic acid groups (broad SMARTS) is 1. The highest BCUT2D eigenvalue weighted by molar-refractivity contribution is 5.94. The van der Waals surface area contributed by atoms with Gasteiger partial charge in [0.1, 0.15) is 6.04 Å². The molecule has 1 aromatic rings. The summed E-state index contributed by atoms with van der Waals surface area (Å²) in [6.45, 7) is 5.02. The number of carbonyl (C=O) groups is 2. The molecule has 1 heterocycles. The van der Waals surface area contributed by atoms with Gasteiger partial charge in [-0.1, -0.05) is 12.1 Å². The number of hydrogen-bond donors (Lipinski definition) is 3. The van der Waals surface area contributed by atoms with Crippen molar-refractivity contribution in [2.45, 2.75) is 45.3 Å². The second-order valence-corrected chi connectivity index (χ2v) is 6.00. The van der Waals surface area contributed by atoms with Crippen molar-refractivity contribution in [3.63, 3.8) is 0 Å². The maximum atomic E-state index is 12.1. The third kappa shape index (κ3) is 5.33. The molecule has 0 spiro atoms. The van der Waals surface area contributed by atoms with E-state index in [1.807, 2.05) is 32.0 Å². The molecular weight excluding hydrogens is 296 g/mol.